The van der Waals surface area contributed by atoms with Crippen LogP contribution in [0, 0.1) is 5.82 Å². The van der Waals surface area contributed by atoms with Gasteiger partial charge in [-0.1, -0.05) is 48.5 Å². The predicted octanol–water partition coefficient (Wildman–Crippen LogP) is 2.67. The Balaban J connectivity index is 0.000000980. The Morgan fingerprint density at radius 3 is 1.93 bits per heavy atom. The molecule has 0 fully saturated rings. The molecule has 14 heavy (non-hydrogen) atoms. The van der Waals surface area contributed by atoms with Gasteiger partial charge in [-0.05, 0) is 11.6 Å². The predicted molar refractivity (Wildman–Crippen MR) is 55.4 cm³/mol. The Morgan fingerprint density at radius 1 is 0.714 bits per heavy atom. The highest BCUT2D eigenvalue weighted by Crippen LogP contribution is 2.21. The molecule has 2 N–H and O–H groups in total. The average molecular weight is 190 g/mol. The molecule has 2 rings (SSSR count). The summed E-state index contributed by atoms with van der Waals surface area (Å²) >= 11 is 0. The number of halogens is 1. The van der Waals surface area contributed by atoms with Crippen molar-refractivity contribution in [3.63, 3.8) is 0 Å². The zero-order valence-electron chi connectivity index (χ0n) is 7.57. The van der Waals surface area contributed by atoms with E-state index in [-0.39, 0.29) is 11.3 Å². The fraction of sp³-hybridized carbons (Fsp3) is 0. The van der Waals surface area contributed by atoms with Gasteiger partial charge in [-0.15, -0.1) is 0 Å². The van der Waals surface area contributed by atoms with Crippen molar-refractivity contribution in [3.8, 4) is 11.1 Å². The summed E-state index contributed by atoms with van der Waals surface area (Å²) in [6.07, 6.45) is 0. The molecule has 72 valence electrons. The monoisotopic (exact) mass is 190 g/mol. The molecular formula is C12H11FO. The molecule has 1 nitrogen and oxygen atoms in total. The van der Waals surface area contributed by atoms with Gasteiger partial charge in [0.25, 0.3) is 0 Å². The van der Waals surface area contributed by atoms with Gasteiger partial charge in [0.2, 0.25) is 0 Å². The van der Waals surface area contributed by atoms with Gasteiger partial charge in [0.05, 0.1) is 0 Å². The van der Waals surface area contributed by atoms with Crippen LogP contribution in [0.25, 0.3) is 11.1 Å². The van der Waals surface area contributed by atoms with Gasteiger partial charge in [-0.2, -0.15) is 0 Å². The minimum Gasteiger partial charge on any atom is -0.412 e. The molecule has 0 aliphatic carbocycles. The first-order chi connectivity index (χ1) is 6.38. The lowest BCUT2D eigenvalue weighted by Crippen LogP contribution is -1.81. The van der Waals surface area contributed by atoms with Crippen LogP contribution in [0.1, 0.15) is 0 Å². The molecule has 0 atom stereocenters. The highest BCUT2D eigenvalue weighted by Gasteiger charge is 2.01. The molecule has 0 saturated heterocycles. The molecule has 0 aromatic heterocycles. The Labute approximate surface area is 82.1 Å². The zero-order chi connectivity index (χ0) is 9.10. The van der Waals surface area contributed by atoms with Crippen molar-refractivity contribution in [2.24, 2.45) is 0 Å². The van der Waals surface area contributed by atoms with E-state index in [9.17, 15) is 4.39 Å². The molecule has 0 unspecified atom stereocenters. The van der Waals surface area contributed by atoms with E-state index in [2.05, 4.69) is 0 Å². The lowest BCUT2D eigenvalue weighted by atomic mass is 10.1. The summed E-state index contributed by atoms with van der Waals surface area (Å²) in [5, 5.41) is 0. The summed E-state index contributed by atoms with van der Waals surface area (Å²) in [7, 11) is 0. The van der Waals surface area contributed by atoms with Crippen LogP contribution >= 0.6 is 0 Å². The van der Waals surface area contributed by atoms with Crippen molar-refractivity contribution in [2.45, 2.75) is 0 Å². The van der Waals surface area contributed by atoms with E-state index < -0.39 is 0 Å². The van der Waals surface area contributed by atoms with Crippen LogP contribution in [0.4, 0.5) is 4.39 Å². The second-order valence-electron chi connectivity index (χ2n) is 2.85. The third kappa shape index (κ3) is 1.98. The van der Waals surface area contributed by atoms with E-state index in [1.165, 1.54) is 6.07 Å². The summed E-state index contributed by atoms with van der Waals surface area (Å²) < 4.78 is 13.3. The molecular weight excluding hydrogens is 179 g/mol. The quantitative estimate of drug-likeness (QED) is 0.662. The highest BCUT2D eigenvalue weighted by atomic mass is 19.1. The average Bonchev–Trinajstić information content (AvgIpc) is 2.20. The molecule has 0 aliphatic heterocycles. The topological polar surface area (TPSA) is 31.5 Å². The second kappa shape index (κ2) is 4.53. The second-order valence-corrected chi connectivity index (χ2v) is 2.85. The van der Waals surface area contributed by atoms with Gasteiger partial charge in [-0.3, -0.25) is 0 Å². The van der Waals surface area contributed by atoms with Gasteiger partial charge >= 0.3 is 0 Å². The van der Waals surface area contributed by atoms with Crippen LogP contribution in [-0.4, -0.2) is 5.48 Å². The third-order valence-corrected chi connectivity index (χ3v) is 1.96. The molecule has 2 aromatic carbocycles. The Kier molecular flexibility index (Phi) is 3.37. The fourth-order valence-corrected chi connectivity index (χ4v) is 1.31. The SMILES string of the molecule is Fc1ccccc1-c1ccccc1.O. The van der Waals surface area contributed by atoms with Crippen LogP contribution in [0.5, 0.6) is 0 Å². The third-order valence-electron chi connectivity index (χ3n) is 1.96. The van der Waals surface area contributed by atoms with Crippen LogP contribution < -0.4 is 0 Å². The molecule has 0 radical (unpaired) electrons. The van der Waals surface area contributed by atoms with E-state index in [1.54, 1.807) is 12.1 Å². The summed E-state index contributed by atoms with van der Waals surface area (Å²) in [4.78, 5) is 0. The van der Waals surface area contributed by atoms with Gasteiger partial charge < -0.3 is 5.48 Å². The Morgan fingerprint density at radius 2 is 1.29 bits per heavy atom. The van der Waals surface area contributed by atoms with Crippen molar-refractivity contribution in [1.29, 1.82) is 0 Å². The molecule has 0 bridgehead atoms. The van der Waals surface area contributed by atoms with Crippen LogP contribution in [0.15, 0.2) is 54.6 Å². The lowest BCUT2D eigenvalue weighted by Gasteiger charge is -2.01. The van der Waals surface area contributed by atoms with E-state index >= 15 is 0 Å². The maximum Gasteiger partial charge on any atom is 0.131 e. The van der Waals surface area contributed by atoms with Crippen molar-refractivity contribution < 1.29 is 9.87 Å². The summed E-state index contributed by atoms with van der Waals surface area (Å²) in [5.41, 5.74) is 1.57. The molecule has 2 heteroatoms. The van der Waals surface area contributed by atoms with Gasteiger partial charge in [0.15, 0.2) is 0 Å². The maximum absolute atomic E-state index is 13.3. The minimum absolute atomic E-state index is 0. The van der Waals surface area contributed by atoms with E-state index in [0.29, 0.717) is 5.56 Å². The number of rotatable bonds is 1. The number of benzene rings is 2. The molecule has 0 spiro atoms. The highest BCUT2D eigenvalue weighted by molar-refractivity contribution is 5.63. The maximum atomic E-state index is 13.3. The largest absolute Gasteiger partial charge is 0.412 e. The van der Waals surface area contributed by atoms with Crippen LogP contribution in [-0.2, 0) is 0 Å². The number of hydrogen-bond donors (Lipinski definition) is 0. The molecule has 0 heterocycles. The first-order valence-corrected chi connectivity index (χ1v) is 4.18. The lowest BCUT2D eigenvalue weighted by molar-refractivity contribution is 0.631. The summed E-state index contributed by atoms with van der Waals surface area (Å²) in [5.74, 6) is -0.172. The van der Waals surface area contributed by atoms with Crippen molar-refractivity contribution >= 4 is 0 Å². The smallest absolute Gasteiger partial charge is 0.131 e. The van der Waals surface area contributed by atoms with Gasteiger partial charge in [-0.25, -0.2) is 4.39 Å². The van der Waals surface area contributed by atoms with E-state index in [4.69, 9.17) is 0 Å². The standard InChI is InChI=1S/C12H9F.H2O/c13-12-9-5-4-8-11(12)10-6-2-1-3-7-10;/h1-9H;1H2. The van der Waals surface area contributed by atoms with E-state index in [0.717, 1.165) is 5.56 Å². The minimum atomic E-state index is -0.172. The van der Waals surface area contributed by atoms with Gasteiger partial charge in [0.1, 0.15) is 5.82 Å². The zero-order valence-corrected chi connectivity index (χ0v) is 7.57. The fourth-order valence-electron chi connectivity index (χ4n) is 1.31. The summed E-state index contributed by atoms with van der Waals surface area (Å²) in [6.45, 7) is 0. The van der Waals surface area contributed by atoms with Gasteiger partial charge in [0, 0.05) is 5.56 Å². The Hall–Kier alpha value is -1.67. The normalized spacial score (nSPS) is 9.21. The first-order valence-electron chi connectivity index (χ1n) is 4.18. The molecule has 0 amide bonds. The molecule has 0 aliphatic rings. The van der Waals surface area contributed by atoms with E-state index in [1.807, 2.05) is 36.4 Å². The van der Waals surface area contributed by atoms with Crippen molar-refractivity contribution in [1.82, 2.24) is 0 Å². The number of hydrogen-bond acceptors (Lipinski definition) is 0. The van der Waals surface area contributed by atoms with Crippen LogP contribution in [0.2, 0.25) is 0 Å². The Bertz CT molecular complexity index is 398. The van der Waals surface area contributed by atoms with Crippen LogP contribution in [0.3, 0.4) is 0 Å². The summed E-state index contributed by atoms with van der Waals surface area (Å²) in [6, 6.07) is 16.3. The first kappa shape index (κ1) is 10.4. The molecule has 2 aromatic rings. The molecule has 0 saturated carbocycles. The van der Waals surface area contributed by atoms with Crippen molar-refractivity contribution in [3.05, 3.63) is 60.4 Å². The van der Waals surface area contributed by atoms with Crippen molar-refractivity contribution in [2.75, 3.05) is 0 Å².